The fourth-order valence-corrected chi connectivity index (χ4v) is 4.10. The standard InChI is InChI=1S/C22H31NO4/c1-16-2-9-19(10-3-16)27-20-12-14-23(15-13-20)21(24)11-6-17-4-7-18(8-5-17)22(25)26/h4-5,7-8,16,19-20H,2-3,6,9-15H2,1H3,(H,25,26). The van der Waals surface area contributed by atoms with Gasteiger partial charge in [0.05, 0.1) is 17.8 Å². The normalized spacial score (nSPS) is 24.0. The minimum Gasteiger partial charge on any atom is -0.478 e. The summed E-state index contributed by atoms with van der Waals surface area (Å²) in [5.74, 6) is 0.0948. The second-order valence-electron chi connectivity index (χ2n) is 8.10. The molecule has 1 saturated heterocycles. The van der Waals surface area contributed by atoms with Gasteiger partial charge < -0.3 is 14.7 Å². The van der Waals surface area contributed by atoms with Gasteiger partial charge in [0.15, 0.2) is 0 Å². The van der Waals surface area contributed by atoms with Crippen molar-refractivity contribution in [1.29, 1.82) is 0 Å². The zero-order chi connectivity index (χ0) is 19.2. The van der Waals surface area contributed by atoms with E-state index in [-0.39, 0.29) is 11.5 Å². The molecule has 1 saturated carbocycles. The van der Waals surface area contributed by atoms with E-state index < -0.39 is 5.97 Å². The first-order chi connectivity index (χ1) is 13.0. The lowest BCUT2D eigenvalue weighted by atomic mass is 9.88. The van der Waals surface area contributed by atoms with Crippen molar-refractivity contribution >= 4 is 11.9 Å². The van der Waals surface area contributed by atoms with Crippen LogP contribution in [0.1, 0.15) is 67.8 Å². The molecule has 148 valence electrons. The van der Waals surface area contributed by atoms with Gasteiger partial charge in [-0.15, -0.1) is 0 Å². The third-order valence-electron chi connectivity index (χ3n) is 5.97. The average Bonchev–Trinajstić information content (AvgIpc) is 2.69. The van der Waals surface area contributed by atoms with E-state index in [1.165, 1.54) is 25.7 Å². The van der Waals surface area contributed by atoms with Crippen LogP contribution in [0.25, 0.3) is 0 Å². The van der Waals surface area contributed by atoms with Crippen molar-refractivity contribution in [2.45, 2.75) is 70.5 Å². The molecule has 1 aromatic rings. The average molecular weight is 373 g/mol. The number of carboxylic acids is 1. The molecule has 0 aromatic heterocycles. The van der Waals surface area contributed by atoms with Crippen molar-refractivity contribution in [3.05, 3.63) is 35.4 Å². The van der Waals surface area contributed by atoms with Crippen molar-refractivity contribution in [3.63, 3.8) is 0 Å². The third kappa shape index (κ3) is 5.80. The predicted molar refractivity (Wildman–Crippen MR) is 104 cm³/mol. The topological polar surface area (TPSA) is 66.8 Å². The van der Waals surface area contributed by atoms with Gasteiger partial charge in [0.1, 0.15) is 0 Å². The van der Waals surface area contributed by atoms with Gasteiger partial charge in [-0.2, -0.15) is 0 Å². The summed E-state index contributed by atoms with van der Waals surface area (Å²) in [6.07, 6.45) is 8.62. The molecule has 2 aliphatic rings. The molecule has 3 rings (SSSR count). The summed E-state index contributed by atoms with van der Waals surface area (Å²) in [5.41, 5.74) is 1.28. The van der Waals surface area contributed by atoms with Crippen LogP contribution in [0.2, 0.25) is 0 Å². The summed E-state index contributed by atoms with van der Waals surface area (Å²) < 4.78 is 6.28. The highest BCUT2D eigenvalue weighted by Gasteiger charge is 2.27. The van der Waals surface area contributed by atoms with Gasteiger partial charge in [0.2, 0.25) is 5.91 Å². The number of benzene rings is 1. The maximum atomic E-state index is 12.5. The van der Waals surface area contributed by atoms with E-state index in [4.69, 9.17) is 9.84 Å². The number of rotatable bonds is 6. The molecule has 0 radical (unpaired) electrons. The van der Waals surface area contributed by atoms with Crippen molar-refractivity contribution in [2.24, 2.45) is 5.92 Å². The number of carbonyl (C=O) groups excluding carboxylic acids is 1. The molecule has 1 heterocycles. The van der Waals surface area contributed by atoms with E-state index in [2.05, 4.69) is 6.92 Å². The smallest absolute Gasteiger partial charge is 0.335 e. The number of aryl methyl sites for hydroxylation is 1. The molecule has 1 N–H and O–H groups in total. The monoisotopic (exact) mass is 373 g/mol. The number of hydrogen-bond acceptors (Lipinski definition) is 3. The minimum absolute atomic E-state index is 0.183. The van der Waals surface area contributed by atoms with Gasteiger partial charge in [0.25, 0.3) is 0 Å². The second-order valence-corrected chi connectivity index (χ2v) is 8.10. The maximum Gasteiger partial charge on any atom is 0.335 e. The second kappa shape index (κ2) is 9.36. The van der Waals surface area contributed by atoms with E-state index in [1.54, 1.807) is 24.3 Å². The number of nitrogens with zero attached hydrogens (tertiary/aromatic N) is 1. The van der Waals surface area contributed by atoms with Gasteiger partial charge >= 0.3 is 5.97 Å². The molecular weight excluding hydrogens is 342 g/mol. The molecular formula is C22H31NO4. The van der Waals surface area contributed by atoms with Gasteiger partial charge in [0, 0.05) is 19.5 Å². The lowest BCUT2D eigenvalue weighted by Crippen LogP contribution is -2.42. The van der Waals surface area contributed by atoms with Crippen LogP contribution in [0.5, 0.6) is 0 Å². The molecule has 1 aliphatic carbocycles. The molecule has 2 fully saturated rings. The number of carboxylic acid groups (broad SMARTS) is 1. The van der Waals surface area contributed by atoms with Gasteiger partial charge in [-0.3, -0.25) is 4.79 Å². The van der Waals surface area contributed by atoms with Crippen molar-refractivity contribution < 1.29 is 19.4 Å². The number of ether oxygens (including phenoxy) is 1. The Balaban J connectivity index is 1.37. The van der Waals surface area contributed by atoms with Crippen LogP contribution in [-0.4, -0.2) is 47.2 Å². The fourth-order valence-electron chi connectivity index (χ4n) is 4.10. The first-order valence-electron chi connectivity index (χ1n) is 10.3. The van der Waals surface area contributed by atoms with E-state index in [0.717, 1.165) is 37.4 Å². The minimum atomic E-state index is -0.926. The first-order valence-corrected chi connectivity index (χ1v) is 10.3. The number of amides is 1. The van der Waals surface area contributed by atoms with Gasteiger partial charge in [-0.1, -0.05) is 19.1 Å². The fraction of sp³-hybridized carbons (Fsp3) is 0.636. The third-order valence-corrected chi connectivity index (χ3v) is 5.97. The van der Waals surface area contributed by atoms with Crippen LogP contribution < -0.4 is 0 Å². The van der Waals surface area contributed by atoms with E-state index in [1.807, 2.05) is 4.90 Å². The molecule has 1 aromatic carbocycles. The van der Waals surface area contributed by atoms with Crippen molar-refractivity contribution in [3.8, 4) is 0 Å². The van der Waals surface area contributed by atoms with E-state index >= 15 is 0 Å². The number of carbonyl (C=O) groups is 2. The summed E-state index contributed by atoms with van der Waals surface area (Å²) in [7, 11) is 0. The van der Waals surface area contributed by atoms with Crippen LogP contribution in [0.15, 0.2) is 24.3 Å². The first kappa shape index (κ1) is 19.9. The molecule has 5 nitrogen and oxygen atoms in total. The Bertz CT molecular complexity index is 626. The quantitative estimate of drug-likeness (QED) is 0.821. The number of piperidine rings is 1. The highest BCUT2D eigenvalue weighted by atomic mass is 16.5. The van der Waals surface area contributed by atoms with E-state index in [0.29, 0.717) is 25.0 Å². The largest absolute Gasteiger partial charge is 0.478 e. The summed E-state index contributed by atoms with van der Waals surface area (Å²) >= 11 is 0. The molecule has 1 aliphatic heterocycles. The lowest BCUT2D eigenvalue weighted by molar-refractivity contribution is -0.135. The number of hydrogen-bond donors (Lipinski definition) is 1. The van der Waals surface area contributed by atoms with Crippen LogP contribution in [0.4, 0.5) is 0 Å². The number of aromatic carboxylic acids is 1. The highest BCUT2D eigenvalue weighted by molar-refractivity contribution is 5.87. The number of likely N-dealkylation sites (tertiary alicyclic amines) is 1. The van der Waals surface area contributed by atoms with Crippen LogP contribution in [-0.2, 0) is 16.0 Å². The van der Waals surface area contributed by atoms with Crippen molar-refractivity contribution in [1.82, 2.24) is 4.90 Å². The Morgan fingerprint density at radius 1 is 1.00 bits per heavy atom. The Hall–Kier alpha value is -1.88. The molecule has 27 heavy (non-hydrogen) atoms. The van der Waals surface area contributed by atoms with Gasteiger partial charge in [-0.05, 0) is 68.6 Å². The van der Waals surface area contributed by atoms with Crippen molar-refractivity contribution in [2.75, 3.05) is 13.1 Å². The summed E-state index contributed by atoms with van der Waals surface area (Å²) in [5, 5.41) is 8.93. The Kier molecular flexibility index (Phi) is 6.89. The van der Waals surface area contributed by atoms with Crippen LogP contribution >= 0.6 is 0 Å². The molecule has 0 unspecified atom stereocenters. The summed E-state index contributed by atoms with van der Waals surface area (Å²) in [6, 6.07) is 6.78. The summed E-state index contributed by atoms with van der Waals surface area (Å²) in [6.45, 7) is 3.88. The van der Waals surface area contributed by atoms with Crippen LogP contribution in [0.3, 0.4) is 0 Å². The molecule has 0 bridgehead atoms. The SMILES string of the molecule is CC1CCC(OC2CCN(C(=O)CCc3ccc(C(=O)O)cc3)CC2)CC1. The Labute approximate surface area is 161 Å². The van der Waals surface area contributed by atoms with E-state index in [9.17, 15) is 9.59 Å². The zero-order valence-corrected chi connectivity index (χ0v) is 16.2. The highest BCUT2D eigenvalue weighted by Crippen LogP contribution is 2.28. The summed E-state index contributed by atoms with van der Waals surface area (Å²) in [4.78, 5) is 25.3. The maximum absolute atomic E-state index is 12.5. The molecule has 5 heteroatoms. The van der Waals surface area contributed by atoms with Gasteiger partial charge in [-0.25, -0.2) is 4.79 Å². The Morgan fingerprint density at radius 2 is 1.59 bits per heavy atom. The zero-order valence-electron chi connectivity index (χ0n) is 16.2. The molecule has 0 spiro atoms. The Morgan fingerprint density at radius 3 is 2.19 bits per heavy atom. The molecule has 1 amide bonds. The lowest BCUT2D eigenvalue weighted by Gasteiger charge is -2.35. The van der Waals surface area contributed by atoms with Crippen LogP contribution in [0, 0.1) is 5.92 Å². The predicted octanol–water partition coefficient (Wildman–Crippen LogP) is 3.90. The molecule has 0 atom stereocenters.